The van der Waals surface area contributed by atoms with Crippen molar-refractivity contribution in [2.24, 2.45) is 10.2 Å². The molecular weight excluding hydrogens is 308 g/mol. The quantitative estimate of drug-likeness (QED) is 0.492. The lowest BCUT2D eigenvalue weighted by Crippen LogP contribution is -1.99. The van der Waals surface area contributed by atoms with Crippen LogP contribution in [-0.2, 0) is 0 Å². The van der Waals surface area contributed by atoms with Crippen molar-refractivity contribution in [2.75, 3.05) is 5.43 Å². The molecule has 0 saturated carbocycles. The summed E-state index contributed by atoms with van der Waals surface area (Å²) in [6, 6.07) is 13.6. The molecule has 0 aliphatic heterocycles. The zero-order valence-electron chi connectivity index (χ0n) is 12.5. The summed E-state index contributed by atoms with van der Waals surface area (Å²) in [5.41, 5.74) is 3.82. The number of hydrazone groups is 1. The van der Waals surface area contributed by atoms with Crippen LogP contribution in [0.4, 0.5) is 5.95 Å². The van der Waals surface area contributed by atoms with Crippen LogP contribution < -0.4 is 5.43 Å². The molecule has 0 saturated heterocycles. The molecular formula is C16H14N6O2. The molecule has 0 aliphatic carbocycles. The highest BCUT2D eigenvalue weighted by Crippen LogP contribution is 2.14. The highest BCUT2D eigenvalue weighted by molar-refractivity contribution is 5.84. The zero-order valence-corrected chi connectivity index (χ0v) is 12.5. The van der Waals surface area contributed by atoms with Gasteiger partial charge in [-0.05, 0) is 24.3 Å². The molecule has 0 aliphatic rings. The van der Waals surface area contributed by atoms with Gasteiger partial charge in [0.05, 0.1) is 12.4 Å². The average molecular weight is 322 g/mol. The molecule has 0 radical (unpaired) electrons. The second-order valence-electron chi connectivity index (χ2n) is 4.73. The third kappa shape index (κ3) is 3.55. The molecule has 1 aromatic heterocycles. The largest absolute Gasteiger partial charge is 0.507 e. The smallest absolute Gasteiger partial charge is 0.265 e. The molecule has 3 N–H and O–H groups in total. The minimum absolute atomic E-state index is 0.126. The topological polar surface area (TPSA) is 108 Å². The number of phenols is 2. The summed E-state index contributed by atoms with van der Waals surface area (Å²) in [4.78, 5) is 0. The summed E-state index contributed by atoms with van der Waals surface area (Å²) < 4.78 is 1.37. The van der Waals surface area contributed by atoms with E-state index >= 15 is 0 Å². The van der Waals surface area contributed by atoms with Gasteiger partial charge in [-0.2, -0.15) is 14.9 Å². The van der Waals surface area contributed by atoms with Crippen molar-refractivity contribution in [1.82, 2.24) is 14.9 Å². The summed E-state index contributed by atoms with van der Waals surface area (Å²) in [5.74, 6) is 0.539. The summed E-state index contributed by atoms with van der Waals surface area (Å²) in [6.07, 6.45) is 4.34. The summed E-state index contributed by atoms with van der Waals surface area (Å²) in [5, 5.41) is 35.1. The number of hydrogen-bond donors (Lipinski definition) is 3. The molecule has 8 heteroatoms. The average Bonchev–Trinajstić information content (AvgIpc) is 3.03. The number of nitrogens with one attached hydrogen (secondary N) is 1. The van der Waals surface area contributed by atoms with Crippen molar-refractivity contribution in [3.63, 3.8) is 0 Å². The van der Waals surface area contributed by atoms with E-state index in [4.69, 9.17) is 0 Å². The predicted molar refractivity (Wildman–Crippen MR) is 90.4 cm³/mol. The van der Waals surface area contributed by atoms with Gasteiger partial charge in [0, 0.05) is 11.1 Å². The van der Waals surface area contributed by atoms with E-state index in [1.165, 1.54) is 23.4 Å². The number of para-hydroxylation sites is 2. The van der Waals surface area contributed by atoms with Crippen molar-refractivity contribution in [1.29, 1.82) is 0 Å². The fraction of sp³-hybridized carbons (Fsp3) is 0. The molecule has 0 bridgehead atoms. The summed E-state index contributed by atoms with van der Waals surface area (Å²) >= 11 is 0. The van der Waals surface area contributed by atoms with E-state index in [9.17, 15) is 10.2 Å². The monoisotopic (exact) mass is 322 g/mol. The second-order valence-corrected chi connectivity index (χ2v) is 4.73. The molecule has 8 nitrogen and oxygen atoms in total. The van der Waals surface area contributed by atoms with E-state index in [-0.39, 0.29) is 17.4 Å². The fourth-order valence-corrected chi connectivity index (χ4v) is 1.87. The number of rotatable bonds is 5. The first-order valence-corrected chi connectivity index (χ1v) is 7.03. The van der Waals surface area contributed by atoms with Crippen LogP contribution in [0.25, 0.3) is 0 Å². The van der Waals surface area contributed by atoms with Gasteiger partial charge in [0.1, 0.15) is 17.8 Å². The Morgan fingerprint density at radius 2 is 1.54 bits per heavy atom. The number of aromatic nitrogens is 3. The van der Waals surface area contributed by atoms with Crippen LogP contribution >= 0.6 is 0 Å². The lowest BCUT2D eigenvalue weighted by atomic mass is 10.2. The Kier molecular flexibility index (Phi) is 4.47. The molecule has 2 aromatic carbocycles. The first-order valence-electron chi connectivity index (χ1n) is 7.03. The van der Waals surface area contributed by atoms with Crippen molar-refractivity contribution < 1.29 is 10.2 Å². The maximum atomic E-state index is 9.71. The van der Waals surface area contributed by atoms with Gasteiger partial charge in [0.2, 0.25) is 0 Å². The highest BCUT2D eigenvalue weighted by Gasteiger charge is 2.02. The van der Waals surface area contributed by atoms with Crippen LogP contribution in [0.1, 0.15) is 11.1 Å². The molecule has 3 aromatic rings. The molecule has 1 heterocycles. The van der Waals surface area contributed by atoms with Crippen LogP contribution in [-0.4, -0.2) is 37.5 Å². The van der Waals surface area contributed by atoms with Crippen LogP contribution in [0.3, 0.4) is 0 Å². The van der Waals surface area contributed by atoms with Gasteiger partial charge in [0.25, 0.3) is 5.95 Å². The minimum atomic E-state index is 0.126. The summed E-state index contributed by atoms with van der Waals surface area (Å²) in [7, 11) is 0. The van der Waals surface area contributed by atoms with Crippen molar-refractivity contribution >= 4 is 18.4 Å². The van der Waals surface area contributed by atoms with Gasteiger partial charge in [-0.1, -0.05) is 24.3 Å². The van der Waals surface area contributed by atoms with E-state index in [1.54, 1.807) is 48.5 Å². The third-order valence-corrected chi connectivity index (χ3v) is 3.09. The van der Waals surface area contributed by atoms with E-state index in [2.05, 4.69) is 25.8 Å². The minimum Gasteiger partial charge on any atom is -0.507 e. The fourth-order valence-electron chi connectivity index (χ4n) is 1.87. The van der Waals surface area contributed by atoms with Gasteiger partial charge in [-0.15, -0.1) is 10.2 Å². The Hall–Kier alpha value is -3.68. The van der Waals surface area contributed by atoms with Gasteiger partial charge in [0.15, 0.2) is 0 Å². The first-order chi connectivity index (χ1) is 11.7. The van der Waals surface area contributed by atoms with E-state index in [0.29, 0.717) is 11.1 Å². The summed E-state index contributed by atoms with van der Waals surface area (Å²) in [6.45, 7) is 0. The lowest BCUT2D eigenvalue weighted by molar-refractivity contribution is 0.474. The van der Waals surface area contributed by atoms with Crippen LogP contribution in [0.2, 0.25) is 0 Å². The molecule has 3 rings (SSSR count). The van der Waals surface area contributed by atoms with Crippen LogP contribution in [0, 0.1) is 0 Å². The van der Waals surface area contributed by atoms with E-state index in [1.807, 2.05) is 0 Å². The standard InChI is InChI=1S/C16H14N6O2/c23-14-7-3-1-5-12(14)9-17-20-16-21-18-11-22(16)19-10-13-6-2-4-8-15(13)24/h1-11,23-24H,(H,20,21)/b17-9+,19-10+. The van der Waals surface area contributed by atoms with Gasteiger partial charge in [-0.3, -0.25) is 0 Å². The van der Waals surface area contributed by atoms with Crippen LogP contribution in [0.5, 0.6) is 11.5 Å². The molecule has 0 spiro atoms. The van der Waals surface area contributed by atoms with Gasteiger partial charge in [-0.25, -0.2) is 5.43 Å². The number of anilines is 1. The molecule has 0 amide bonds. The van der Waals surface area contributed by atoms with Gasteiger partial charge >= 0.3 is 0 Å². The lowest BCUT2D eigenvalue weighted by Gasteiger charge is -2.00. The number of hydrogen-bond acceptors (Lipinski definition) is 7. The predicted octanol–water partition coefficient (Wildman–Crippen LogP) is 2.02. The van der Waals surface area contributed by atoms with E-state index in [0.717, 1.165) is 0 Å². The maximum absolute atomic E-state index is 9.71. The first kappa shape index (κ1) is 15.2. The normalized spacial score (nSPS) is 11.3. The molecule has 0 atom stereocenters. The Labute approximate surface area is 137 Å². The van der Waals surface area contributed by atoms with E-state index < -0.39 is 0 Å². The van der Waals surface area contributed by atoms with Crippen molar-refractivity contribution in [3.8, 4) is 11.5 Å². The number of phenolic OH excluding ortho intramolecular Hbond substituents is 2. The number of benzene rings is 2. The van der Waals surface area contributed by atoms with Crippen molar-refractivity contribution in [2.45, 2.75) is 0 Å². The number of aromatic hydroxyl groups is 2. The van der Waals surface area contributed by atoms with Crippen LogP contribution in [0.15, 0.2) is 65.1 Å². The number of nitrogens with zero attached hydrogens (tertiary/aromatic N) is 5. The molecule has 0 fully saturated rings. The van der Waals surface area contributed by atoms with Gasteiger partial charge < -0.3 is 10.2 Å². The Morgan fingerprint density at radius 3 is 2.21 bits per heavy atom. The zero-order chi connectivity index (χ0) is 16.8. The second kappa shape index (κ2) is 7.05. The third-order valence-electron chi connectivity index (χ3n) is 3.09. The Balaban J connectivity index is 1.72. The molecule has 24 heavy (non-hydrogen) atoms. The Bertz CT molecular complexity index is 888. The molecule has 0 unspecified atom stereocenters. The maximum Gasteiger partial charge on any atom is 0.265 e. The SMILES string of the molecule is Oc1ccccc1/C=N/Nc1nncn1/N=C/c1ccccc1O. The van der Waals surface area contributed by atoms with Crippen molar-refractivity contribution in [3.05, 3.63) is 66.0 Å². The Morgan fingerprint density at radius 1 is 0.917 bits per heavy atom. The molecule has 120 valence electrons. The highest BCUT2D eigenvalue weighted by atomic mass is 16.3.